The number of hydrogen-bond acceptors (Lipinski definition) is 3. The van der Waals surface area contributed by atoms with Crippen molar-refractivity contribution < 1.29 is 14.6 Å². The molecule has 0 fully saturated rings. The molecule has 3 nitrogen and oxygen atoms in total. The van der Waals surface area contributed by atoms with Crippen LogP contribution in [-0.4, -0.2) is 22.8 Å². The van der Waals surface area contributed by atoms with Crippen LogP contribution in [0.2, 0.25) is 0 Å². The molecular weight excluding hydrogens is 132 g/mol. The molecule has 0 aromatic heterocycles. The minimum atomic E-state index is -0.772. The van der Waals surface area contributed by atoms with Crippen LogP contribution in [0.25, 0.3) is 0 Å². The third-order valence-electron chi connectivity index (χ3n) is 1.49. The van der Waals surface area contributed by atoms with E-state index in [-0.39, 0.29) is 0 Å². The number of carbonyl (C=O) groups is 1. The summed E-state index contributed by atoms with van der Waals surface area (Å²) in [6.07, 6.45) is 1.98. The molecule has 0 aliphatic carbocycles. The molecule has 0 spiro atoms. The minimum Gasteiger partial charge on any atom is -0.453 e. The molecule has 0 aromatic carbocycles. The summed E-state index contributed by atoms with van der Waals surface area (Å²) in [5.74, 6) is -0.393. The lowest BCUT2D eigenvalue weighted by Crippen LogP contribution is -2.42. The molecule has 1 aliphatic rings. The molecular formula is C7H10O3. The van der Waals surface area contributed by atoms with Gasteiger partial charge in [0.2, 0.25) is 0 Å². The number of aliphatic hydroxyl groups excluding tert-OH is 1. The Balaban J connectivity index is 2.82. The van der Waals surface area contributed by atoms with E-state index in [0.717, 1.165) is 0 Å². The summed E-state index contributed by atoms with van der Waals surface area (Å²) < 4.78 is 4.81. The van der Waals surface area contributed by atoms with Gasteiger partial charge >= 0.3 is 5.97 Å². The van der Waals surface area contributed by atoms with Crippen LogP contribution in [0.4, 0.5) is 0 Å². The topological polar surface area (TPSA) is 46.5 Å². The van der Waals surface area contributed by atoms with Crippen LogP contribution in [0, 0.1) is 0 Å². The van der Waals surface area contributed by atoms with Crippen LogP contribution in [0.1, 0.15) is 13.8 Å². The number of esters is 1. The first-order chi connectivity index (χ1) is 4.52. The third-order valence-corrected chi connectivity index (χ3v) is 1.49. The highest BCUT2D eigenvalue weighted by Gasteiger charge is 2.32. The van der Waals surface area contributed by atoms with E-state index in [2.05, 4.69) is 0 Å². The smallest absolute Gasteiger partial charge is 0.331 e. The van der Waals surface area contributed by atoms with E-state index in [9.17, 15) is 9.90 Å². The second kappa shape index (κ2) is 2.09. The number of ether oxygens (including phenoxy) is 1. The molecule has 1 aliphatic heterocycles. The predicted molar refractivity (Wildman–Crippen MR) is 35.3 cm³/mol. The number of rotatable bonds is 0. The van der Waals surface area contributed by atoms with E-state index >= 15 is 0 Å². The van der Waals surface area contributed by atoms with Crippen LogP contribution >= 0.6 is 0 Å². The lowest BCUT2D eigenvalue weighted by molar-refractivity contribution is -0.161. The number of hydrogen-bond donors (Lipinski definition) is 1. The molecule has 10 heavy (non-hydrogen) atoms. The first kappa shape index (κ1) is 7.28. The standard InChI is InChI=1S/C7H10O3/c1-7(2)5(8)3-4-6(9)10-7/h3-5,8H,1-2H3/t5-/m0/s1. The van der Waals surface area contributed by atoms with Crippen molar-refractivity contribution in [2.24, 2.45) is 0 Å². The van der Waals surface area contributed by atoms with Gasteiger partial charge in [-0.2, -0.15) is 0 Å². The lowest BCUT2D eigenvalue weighted by atomic mass is 9.99. The van der Waals surface area contributed by atoms with Crippen molar-refractivity contribution in [3.8, 4) is 0 Å². The summed E-state index contributed by atoms with van der Waals surface area (Å²) in [5, 5.41) is 9.19. The molecule has 0 bridgehead atoms. The maximum Gasteiger partial charge on any atom is 0.331 e. The lowest BCUT2D eigenvalue weighted by Gasteiger charge is -2.30. The monoisotopic (exact) mass is 142 g/mol. The van der Waals surface area contributed by atoms with Crippen molar-refractivity contribution in [2.75, 3.05) is 0 Å². The predicted octanol–water partition coefficient (Wildman–Crippen LogP) is 0.239. The van der Waals surface area contributed by atoms with Gasteiger partial charge in [0, 0.05) is 6.08 Å². The molecule has 0 amide bonds. The fraction of sp³-hybridized carbons (Fsp3) is 0.571. The zero-order chi connectivity index (χ0) is 7.78. The van der Waals surface area contributed by atoms with E-state index < -0.39 is 17.7 Å². The van der Waals surface area contributed by atoms with Crippen molar-refractivity contribution in [1.82, 2.24) is 0 Å². The molecule has 1 N–H and O–H groups in total. The number of aliphatic hydroxyl groups is 1. The zero-order valence-corrected chi connectivity index (χ0v) is 6.00. The van der Waals surface area contributed by atoms with Crippen LogP contribution in [0.3, 0.4) is 0 Å². The molecule has 3 heteroatoms. The maximum absolute atomic E-state index is 10.6. The molecule has 0 radical (unpaired) electrons. The second-order valence-corrected chi connectivity index (χ2v) is 2.83. The molecule has 1 atom stereocenters. The van der Waals surface area contributed by atoms with Crippen molar-refractivity contribution in [1.29, 1.82) is 0 Å². The Bertz CT molecular complexity index is 181. The van der Waals surface area contributed by atoms with Gasteiger partial charge in [-0.3, -0.25) is 0 Å². The summed E-state index contributed by atoms with van der Waals surface area (Å²) in [7, 11) is 0. The number of carbonyl (C=O) groups excluding carboxylic acids is 1. The first-order valence-corrected chi connectivity index (χ1v) is 3.11. The molecule has 1 rings (SSSR count). The minimum absolute atomic E-state index is 0.393. The van der Waals surface area contributed by atoms with Gasteiger partial charge in [0.25, 0.3) is 0 Å². The average Bonchev–Trinajstić information content (AvgIpc) is 1.78. The van der Waals surface area contributed by atoms with Crippen molar-refractivity contribution in [3.63, 3.8) is 0 Å². The van der Waals surface area contributed by atoms with Gasteiger partial charge in [-0.1, -0.05) is 0 Å². The largest absolute Gasteiger partial charge is 0.453 e. The number of cyclic esters (lactones) is 1. The van der Waals surface area contributed by atoms with Gasteiger partial charge in [-0.25, -0.2) is 4.79 Å². The van der Waals surface area contributed by atoms with Crippen molar-refractivity contribution >= 4 is 5.97 Å². The normalized spacial score (nSPS) is 29.9. The summed E-state index contributed by atoms with van der Waals surface area (Å²) >= 11 is 0. The van der Waals surface area contributed by atoms with Crippen LogP contribution < -0.4 is 0 Å². The molecule has 0 saturated heterocycles. The van der Waals surface area contributed by atoms with E-state index in [1.54, 1.807) is 13.8 Å². The second-order valence-electron chi connectivity index (χ2n) is 2.83. The Morgan fingerprint density at radius 1 is 1.70 bits per heavy atom. The van der Waals surface area contributed by atoms with E-state index in [0.29, 0.717) is 0 Å². The summed E-state index contributed by atoms with van der Waals surface area (Å²) in [6, 6.07) is 0. The Kier molecular flexibility index (Phi) is 1.52. The van der Waals surface area contributed by atoms with E-state index in [4.69, 9.17) is 4.74 Å². The highest BCUT2D eigenvalue weighted by atomic mass is 16.6. The Hall–Kier alpha value is -0.830. The van der Waals surface area contributed by atoms with Crippen LogP contribution in [-0.2, 0) is 9.53 Å². The van der Waals surface area contributed by atoms with Gasteiger partial charge < -0.3 is 9.84 Å². The van der Waals surface area contributed by atoms with Crippen molar-refractivity contribution in [3.05, 3.63) is 12.2 Å². The van der Waals surface area contributed by atoms with Crippen LogP contribution in [0.5, 0.6) is 0 Å². The molecule has 0 saturated carbocycles. The molecule has 0 aromatic rings. The summed E-state index contributed by atoms with van der Waals surface area (Å²) in [6.45, 7) is 3.33. The fourth-order valence-electron chi connectivity index (χ4n) is 0.755. The third kappa shape index (κ3) is 1.19. The first-order valence-electron chi connectivity index (χ1n) is 3.11. The van der Waals surface area contributed by atoms with E-state index in [1.165, 1.54) is 12.2 Å². The Labute approximate surface area is 59.3 Å². The summed E-state index contributed by atoms with van der Waals surface area (Å²) in [4.78, 5) is 10.6. The SMILES string of the molecule is CC1(C)OC(=O)C=C[C@@H]1O. The summed E-state index contributed by atoms with van der Waals surface area (Å²) in [5.41, 5.74) is -0.772. The zero-order valence-electron chi connectivity index (χ0n) is 6.00. The van der Waals surface area contributed by atoms with Gasteiger partial charge in [-0.15, -0.1) is 0 Å². The highest BCUT2D eigenvalue weighted by molar-refractivity contribution is 5.83. The van der Waals surface area contributed by atoms with Gasteiger partial charge in [0.05, 0.1) is 0 Å². The average molecular weight is 142 g/mol. The van der Waals surface area contributed by atoms with Gasteiger partial charge in [0.15, 0.2) is 0 Å². The molecule has 56 valence electrons. The Morgan fingerprint density at radius 2 is 2.30 bits per heavy atom. The molecule has 1 heterocycles. The quantitative estimate of drug-likeness (QED) is 0.493. The molecule has 0 unspecified atom stereocenters. The van der Waals surface area contributed by atoms with Gasteiger partial charge in [-0.05, 0) is 19.9 Å². The Morgan fingerprint density at radius 3 is 2.70 bits per heavy atom. The fourth-order valence-corrected chi connectivity index (χ4v) is 0.755. The van der Waals surface area contributed by atoms with Gasteiger partial charge in [0.1, 0.15) is 11.7 Å². The van der Waals surface area contributed by atoms with Crippen LogP contribution in [0.15, 0.2) is 12.2 Å². The highest BCUT2D eigenvalue weighted by Crippen LogP contribution is 2.19. The van der Waals surface area contributed by atoms with E-state index in [1.807, 2.05) is 0 Å². The maximum atomic E-state index is 10.6. The van der Waals surface area contributed by atoms with Crippen molar-refractivity contribution in [2.45, 2.75) is 25.6 Å².